The summed E-state index contributed by atoms with van der Waals surface area (Å²) in [5.74, 6) is 0.657. The average molecular weight is 259 g/mol. The number of nitrogens with zero attached hydrogens (tertiary/aromatic N) is 1. The first kappa shape index (κ1) is 13.3. The van der Waals surface area contributed by atoms with E-state index in [1.165, 1.54) is 6.07 Å². The number of benzene rings is 1. The third kappa shape index (κ3) is 3.68. The van der Waals surface area contributed by atoms with Crippen molar-refractivity contribution in [1.29, 1.82) is 0 Å². The Hall–Kier alpha value is -2.10. The number of halogens is 1. The summed E-state index contributed by atoms with van der Waals surface area (Å²) < 4.78 is 13.0. The monoisotopic (exact) mass is 259 g/mol. The highest BCUT2D eigenvalue weighted by Gasteiger charge is 2.00. The number of hydrogen-bond donors (Lipinski definition) is 2. The Kier molecular flexibility index (Phi) is 4.34. The van der Waals surface area contributed by atoms with Crippen LogP contribution in [0.15, 0.2) is 36.5 Å². The summed E-state index contributed by atoms with van der Waals surface area (Å²) in [5.41, 5.74) is 3.18. The van der Waals surface area contributed by atoms with Crippen LogP contribution in [0.4, 0.5) is 15.9 Å². The minimum absolute atomic E-state index is 0.179. The zero-order valence-corrected chi connectivity index (χ0v) is 11.2. The summed E-state index contributed by atoms with van der Waals surface area (Å²) in [6.07, 6.45) is 2.63. The van der Waals surface area contributed by atoms with Crippen LogP contribution in [0.1, 0.15) is 11.1 Å². The van der Waals surface area contributed by atoms with Gasteiger partial charge >= 0.3 is 0 Å². The molecule has 4 heteroatoms. The fraction of sp³-hybridized carbons (Fsp3) is 0.267. The summed E-state index contributed by atoms with van der Waals surface area (Å²) in [4.78, 5) is 4.16. The van der Waals surface area contributed by atoms with Crippen LogP contribution in [-0.2, 0) is 6.42 Å². The van der Waals surface area contributed by atoms with Crippen LogP contribution in [0.5, 0.6) is 0 Å². The number of aryl methyl sites for hydroxylation is 1. The number of rotatable bonds is 5. The molecule has 1 heterocycles. The summed E-state index contributed by atoms with van der Waals surface area (Å²) in [6.45, 7) is 2.74. The molecule has 0 aliphatic rings. The molecule has 0 spiro atoms. The molecule has 1 aromatic carbocycles. The van der Waals surface area contributed by atoms with E-state index in [1.807, 2.05) is 32.2 Å². The molecule has 0 saturated heterocycles. The lowest BCUT2D eigenvalue weighted by molar-refractivity contribution is 0.625. The van der Waals surface area contributed by atoms with Crippen LogP contribution in [0.25, 0.3) is 0 Å². The maximum atomic E-state index is 13.0. The topological polar surface area (TPSA) is 37.0 Å². The second-order valence-electron chi connectivity index (χ2n) is 4.43. The van der Waals surface area contributed by atoms with Crippen molar-refractivity contribution >= 4 is 11.5 Å². The molecule has 2 rings (SSSR count). The molecule has 19 heavy (non-hydrogen) atoms. The smallest absolute Gasteiger partial charge is 0.127 e. The minimum atomic E-state index is -0.179. The molecule has 100 valence electrons. The first-order chi connectivity index (χ1) is 9.19. The van der Waals surface area contributed by atoms with Gasteiger partial charge in [-0.05, 0) is 42.7 Å². The van der Waals surface area contributed by atoms with Crippen LogP contribution < -0.4 is 10.6 Å². The molecule has 2 aromatic rings. The Morgan fingerprint density at radius 3 is 2.79 bits per heavy atom. The quantitative estimate of drug-likeness (QED) is 0.865. The Morgan fingerprint density at radius 1 is 1.21 bits per heavy atom. The van der Waals surface area contributed by atoms with E-state index in [9.17, 15) is 4.39 Å². The van der Waals surface area contributed by atoms with Crippen LogP contribution in [0, 0.1) is 12.7 Å². The molecule has 0 aliphatic carbocycles. The zero-order chi connectivity index (χ0) is 13.7. The standard InChI is InChI=1S/C15H18FN3/c1-11-9-13(16)4-3-12(11)5-7-18-14-6-8-19-15(10-14)17-2/h3-4,6,8-10H,5,7H2,1-2H3,(H2,17,18,19). The highest BCUT2D eigenvalue weighted by atomic mass is 19.1. The zero-order valence-electron chi connectivity index (χ0n) is 11.2. The molecule has 0 saturated carbocycles. The first-order valence-electron chi connectivity index (χ1n) is 6.32. The average Bonchev–Trinajstić information content (AvgIpc) is 2.41. The summed E-state index contributed by atoms with van der Waals surface area (Å²) >= 11 is 0. The highest BCUT2D eigenvalue weighted by molar-refractivity contribution is 5.51. The minimum Gasteiger partial charge on any atom is -0.385 e. The van der Waals surface area contributed by atoms with Crippen LogP contribution in [0.3, 0.4) is 0 Å². The molecule has 0 radical (unpaired) electrons. The van der Waals surface area contributed by atoms with Gasteiger partial charge in [0.15, 0.2) is 0 Å². The lowest BCUT2D eigenvalue weighted by Crippen LogP contribution is -2.06. The SMILES string of the molecule is CNc1cc(NCCc2ccc(F)cc2C)ccn1. The van der Waals surface area contributed by atoms with Crippen LogP contribution in [-0.4, -0.2) is 18.6 Å². The lowest BCUT2D eigenvalue weighted by Gasteiger charge is -2.09. The van der Waals surface area contributed by atoms with E-state index >= 15 is 0 Å². The second-order valence-corrected chi connectivity index (χ2v) is 4.43. The number of nitrogens with one attached hydrogen (secondary N) is 2. The Labute approximate surface area is 112 Å². The van der Waals surface area contributed by atoms with E-state index in [-0.39, 0.29) is 5.82 Å². The number of anilines is 2. The molecule has 0 aliphatic heterocycles. The molecule has 2 N–H and O–H groups in total. The normalized spacial score (nSPS) is 10.3. The van der Waals surface area contributed by atoms with Crippen molar-refractivity contribution < 1.29 is 4.39 Å². The molecular weight excluding hydrogens is 241 g/mol. The van der Waals surface area contributed by atoms with Gasteiger partial charge in [0.05, 0.1) is 0 Å². The van der Waals surface area contributed by atoms with Gasteiger partial charge in [0, 0.05) is 31.5 Å². The third-order valence-electron chi connectivity index (χ3n) is 3.04. The predicted molar refractivity (Wildman–Crippen MR) is 77.1 cm³/mol. The van der Waals surface area contributed by atoms with Gasteiger partial charge in [-0.2, -0.15) is 0 Å². The molecule has 3 nitrogen and oxygen atoms in total. The largest absolute Gasteiger partial charge is 0.385 e. The first-order valence-corrected chi connectivity index (χ1v) is 6.32. The molecule has 1 aromatic heterocycles. The molecular formula is C15H18FN3. The number of pyridine rings is 1. The van der Waals surface area contributed by atoms with Gasteiger partial charge < -0.3 is 10.6 Å². The van der Waals surface area contributed by atoms with Crippen molar-refractivity contribution in [3.05, 3.63) is 53.5 Å². The number of aromatic nitrogens is 1. The maximum Gasteiger partial charge on any atom is 0.127 e. The Morgan fingerprint density at radius 2 is 2.05 bits per heavy atom. The van der Waals surface area contributed by atoms with Crippen molar-refractivity contribution in [1.82, 2.24) is 4.98 Å². The van der Waals surface area contributed by atoms with E-state index < -0.39 is 0 Å². The molecule has 0 unspecified atom stereocenters. The van der Waals surface area contributed by atoms with Gasteiger partial charge in [-0.25, -0.2) is 9.37 Å². The van der Waals surface area contributed by atoms with Gasteiger partial charge in [0.2, 0.25) is 0 Å². The van der Waals surface area contributed by atoms with Crippen LogP contribution >= 0.6 is 0 Å². The molecule has 0 bridgehead atoms. The van der Waals surface area contributed by atoms with Gasteiger partial charge in [-0.15, -0.1) is 0 Å². The van der Waals surface area contributed by atoms with Gasteiger partial charge in [-0.3, -0.25) is 0 Å². The summed E-state index contributed by atoms with van der Waals surface area (Å²) in [5, 5.41) is 6.33. The van der Waals surface area contributed by atoms with Crippen molar-refractivity contribution in [2.24, 2.45) is 0 Å². The van der Waals surface area contributed by atoms with Crippen molar-refractivity contribution in [3.63, 3.8) is 0 Å². The van der Waals surface area contributed by atoms with Gasteiger partial charge in [0.25, 0.3) is 0 Å². The molecule has 0 fully saturated rings. The summed E-state index contributed by atoms with van der Waals surface area (Å²) in [7, 11) is 1.84. The maximum absolute atomic E-state index is 13.0. The number of hydrogen-bond acceptors (Lipinski definition) is 3. The molecule has 0 atom stereocenters. The van der Waals surface area contributed by atoms with E-state index in [1.54, 1.807) is 12.3 Å². The van der Waals surface area contributed by atoms with Crippen molar-refractivity contribution in [2.45, 2.75) is 13.3 Å². The molecule has 0 amide bonds. The van der Waals surface area contributed by atoms with E-state index in [0.29, 0.717) is 0 Å². The fourth-order valence-electron chi connectivity index (χ4n) is 1.96. The van der Waals surface area contributed by atoms with Gasteiger partial charge in [-0.1, -0.05) is 6.07 Å². The van der Waals surface area contributed by atoms with Crippen molar-refractivity contribution in [2.75, 3.05) is 24.2 Å². The van der Waals surface area contributed by atoms with Crippen molar-refractivity contribution in [3.8, 4) is 0 Å². The lowest BCUT2D eigenvalue weighted by atomic mass is 10.1. The fourth-order valence-corrected chi connectivity index (χ4v) is 1.96. The Bertz CT molecular complexity index is 555. The third-order valence-corrected chi connectivity index (χ3v) is 3.04. The Balaban J connectivity index is 1.92. The van der Waals surface area contributed by atoms with E-state index in [2.05, 4.69) is 15.6 Å². The van der Waals surface area contributed by atoms with E-state index in [0.717, 1.165) is 35.6 Å². The predicted octanol–water partition coefficient (Wildman–Crippen LogP) is 3.23. The summed E-state index contributed by atoms with van der Waals surface area (Å²) in [6, 6.07) is 8.81. The highest BCUT2D eigenvalue weighted by Crippen LogP contribution is 2.13. The van der Waals surface area contributed by atoms with Crippen LogP contribution in [0.2, 0.25) is 0 Å². The second kappa shape index (κ2) is 6.18. The van der Waals surface area contributed by atoms with E-state index in [4.69, 9.17) is 0 Å². The van der Waals surface area contributed by atoms with Gasteiger partial charge in [0.1, 0.15) is 11.6 Å².